The van der Waals surface area contributed by atoms with Gasteiger partial charge in [-0.05, 0) is 54.8 Å². The highest BCUT2D eigenvalue weighted by atomic mass is 16.5. The molecule has 1 saturated heterocycles. The van der Waals surface area contributed by atoms with E-state index in [2.05, 4.69) is 34.3 Å². The third kappa shape index (κ3) is 5.52. The lowest BCUT2D eigenvalue weighted by Crippen LogP contribution is -2.36. The van der Waals surface area contributed by atoms with Crippen molar-refractivity contribution >= 4 is 11.6 Å². The topological polar surface area (TPSA) is 65.0 Å². The number of methoxy groups -OCH3 is 1. The van der Waals surface area contributed by atoms with Crippen LogP contribution in [0, 0.1) is 0 Å². The number of rotatable bonds is 9. The normalized spacial score (nSPS) is 17.5. The van der Waals surface area contributed by atoms with Crippen molar-refractivity contribution in [3.05, 3.63) is 59.7 Å². The SMILES string of the molecule is CCCNC(=O)c1ccc(N(C)C(CN2CCC(O)C2)c2cccc(OC)c2)cc1. The number of anilines is 1. The fourth-order valence-electron chi connectivity index (χ4n) is 3.89. The van der Waals surface area contributed by atoms with E-state index in [9.17, 15) is 9.90 Å². The van der Waals surface area contributed by atoms with E-state index < -0.39 is 0 Å². The summed E-state index contributed by atoms with van der Waals surface area (Å²) >= 11 is 0. The van der Waals surface area contributed by atoms with Crippen molar-refractivity contribution in [1.82, 2.24) is 10.2 Å². The molecule has 162 valence electrons. The van der Waals surface area contributed by atoms with Crippen molar-refractivity contribution in [2.45, 2.75) is 31.9 Å². The predicted molar refractivity (Wildman–Crippen MR) is 120 cm³/mol. The van der Waals surface area contributed by atoms with Crippen molar-refractivity contribution in [2.75, 3.05) is 45.2 Å². The monoisotopic (exact) mass is 411 g/mol. The van der Waals surface area contributed by atoms with Gasteiger partial charge in [-0.2, -0.15) is 0 Å². The largest absolute Gasteiger partial charge is 0.497 e. The average Bonchev–Trinajstić information content (AvgIpc) is 3.20. The van der Waals surface area contributed by atoms with E-state index in [1.807, 2.05) is 43.3 Å². The second-order valence-electron chi connectivity index (χ2n) is 7.91. The molecule has 2 aromatic rings. The zero-order chi connectivity index (χ0) is 21.5. The van der Waals surface area contributed by atoms with Gasteiger partial charge in [0.25, 0.3) is 5.91 Å². The molecule has 3 rings (SSSR count). The van der Waals surface area contributed by atoms with Crippen LogP contribution in [0.5, 0.6) is 5.75 Å². The summed E-state index contributed by atoms with van der Waals surface area (Å²) in [6.45, 7) is 5.12. The first-order chi connectivity index (χ1) is 14.5. The Morgan fingerprint density at radius 2 is 2.07 bits per heavy atom. The number of benzene rings is 2. The fourth-order valence-corrected chi connectivity index (χ4v) is 3.89. The number of likely N-dealkylation sites (N-methyl/N-ethyl adjacent to an activating group) is 1. The number of aliphatic hydroxyl groups is 1. The first-order valence-corrected chi connectivity index (χ1v) is 10.7. The molecule has 0 radical (unpaired) electrons. The van der Waals surface area contributed by atoms with Gasteiger partial charge in [0.2, 0.25) is 0 Å². The van der Waals surface area contributed by atoms with Crippen LogP contribution in [0.2, 0.25) is 0 Å². The number of hydrogen-bond acceptors (Lipinski definition) is 5. The van der Waals surface area contributed by atoms with E-state index >= 15 is 0 Å². The number of nitrogens with zero attached hydrogens (tertiary/aromatic N) is 2. The minimum absolute atomic E-state index is 0.0403. The van der Waals surface area contributed by atoms with Crippen LogP contribution in [0.15, 0.2) is 48.5 Å². The summed E-state index contributed by atoms with van der Waals surface area (Å²) in [4.78, 5) is 16.7. The minimum Gasteiger partial charge on any atom is -0.497 e. The highest BCUT2D eigenvalue weighted by Gasteiger charge is 2.26. The second-order valence-corrected chi connectivity index (χ2v) is 7.91. The molecular formula is C24H33N3O3. The summed E-state index contributed by atoms with van der Waals surface area (Å²) in [5.74, 6) is 0.789. The molecule has 6 nitrogen and oxygen atoms in total. The van der Waals surface area contributed by atoms with Crippen molar-refractivity contribution in [2.24, 2.45) is 0 Å². The van der Waals surface area contributed by atoms with Gasteiger partial charge in [0.15, 0.2) is 0 Å². The van der Waals surface area contributed by atoms with Crippen LogP contribution in [0.4, 0.5) is 5.69 Å². The third-order valence-corrected chi connectivity index (χ3v) is 5.70. The molecule has 1 fully saturated rings. The van der Waals surface area contributed by atoms with Gasteiger partial charge >= 0.3 is 0 Å². The molecule has 2 atom stereocenters. The quantitative estimate of drug-likeness (QED) is 0.664. The molecule has 1 amide bonds. The molecular weight excluding hydrogens is 378 g/mol. The summed E-state index contributed by atoms with van der Waals surface area (Å²) in [5.41, 5.74) is 2.86. The molecule has 0 spiro atoms. The Morgan fingerprint density at radius 3 is 2.70 bits per heavy atom. The fraction of sp³-hybridized carbons (Fsp3) is 0.458. The number of amides is 1. The lowest BCUT2D eigenvalue weighted by molar-refractivity contribution is 0.0953. The Bertz CT molecular complexity index is 825. The lowest BCUT2D eigenvalue weighted by atomic mass is 10.0. The third-order valence-electron chi connectivity index (χ3n) is 5.70. The van der Waals surface area contributed by atoms with Gasteiger partial charge in [-0.1, -0.05) is 19.1 Å². The van der Waals surface area contributed by atoms with Crippen LogP contribution in [0.3, 0.4) is 0 Å². The second kappa shape index (κ2) is 10.5. The van der Waals surface area contributed by atoms with E-state index in [1.54, 1.807) is 7.11 Å². The van der Waals surface area contributed by atoms with Crippen molar-refractivity contribution in [1.29, 1.82) is 0 Å². The number of likely N-dealkylation sites (tertiary alicyclic amines) is 1. The van der Waals surface area contributed by atoms with Gasteiger partial charge in [-0.15, -0.1) is 0 Å². The Hall–Kier alpha value is -2.57. The molecule has 1 aliphatic heterocycles. The van der Waals surface area contributed by atoms with Gasteiger partial charge < -0.3 is 20.1 Å². The van der Waals surface area contributed by atoms with E-state index in [0.29, 0.717) is 18.7 Å². The first-order valence-electron chi connectivity index (χ1n) is 10.7. The lowest BCUT2D eigenvalue weighted by Gasteiger charge is -2.34. The van der Waals surface area contributed by atoms with Crippen LogP contribution >= 0.6 is 0 Å². The van der Waals surface area contributed by atoms with E-state index in [1.165, 1.54) is 0 Å². The summed E-state index contributed by atoms with van der Waals surface area (Å²) in [7, 11) is 3.75. The van der Waals surface area contributed by atoms with Crippen LogP contribution in [-0.4, -0.2) is 62.4 Å². The highest BCUT2D eigenvalue weighted by molar-refractivity contribution is 5.94. The molecule has 30 heavy (non-hydrogen) atoms. The standard InChI is InChI=1S/C24H33N3O3/c1-4-13-25-24(29)18-8-10-20(11-9-18)26(2)23(17-27-14-12-21(28)16-27)19-6-5-7-22(15-19)30-3/h5-11,15,21,23,28H,4,12-14,16-17H2,1-3H3,(H,25,29). The molecule has 2 N–H and O–H groups in total. The Balaban J connectivity index is 1.81. The average molecular weight is 412 g/mol. The molecule has 1 aliphatic rings. The van der Waals surface area contributed by atoms with Gasteiger partial charge in [0.05, 0.1) is 19.3 Å². The van der Waals surface area contributed by atoms with Crippen LogP contribution in [-0.2, 0) is 0 Å². The molecule has 0 saturated carbocycles. The highest BCUT2D eigenvalue weighted by Crippen LogP contribution is 2.30. The number of nitrogens with one attached hydrogen (secondary N) is 1. The summed E-state index contributed by atoms with van der Waals surface area (Å²) in [5, 5.41) is 12.9. The van der Waals surface area contributed by atoms with E-state index in [-0.39, 0.29) is 18.1 Å². The zero-order valence-corrected chi connectivity index (χ0v) is 18.2. The molecule has 0 bridgehead atoms. The summed E-state index contributed by atoms with van der Waals surface area (Å²) in [6, 6.07) is 16.0. The summed E-state index contributed by atoms with van der Waals surface area (Å²) < 4.78 is 5.44. The number of carbonyl (C=O) groups excluding carboxylic acids is 1. The van der Waals surface area contributed by atoms with E-state index in [0.717, 1.165) is 42.9 Å². The maximum atomic E-state index is 12.2. The maximum Gasteiger partial charge on any atom is 0.251 e. The molecule has 0 aromatic heterocycles. The molecule has 2 unspecified atom stereocenters. The van der Waals surface area contributed by atoms with Crippen molar-refractivity contribution < 1.29 is 14.6 Å². The number of hydrogen-bond donors (Lipinski definition) is 2. The molecule has 1 heterocycles. The predicted octanol–water partition coefficient (Wildman–Crippen LogP) is 3.08. The smallest absolute Gasteiger partial charge is 0.251 e. The molecule has 6 heteroatoms. The van der Waals surface area contributed by atoms with Gasteiger partial charge in [-0.3, -0.25) is 9.69 Å². The zero-order valence-electron chi connectivity index (χ0n) is 18.2. The minimum atomic E-state index is -0.248. The van der Waals surface area contributed by atoms with Gasteiger partial charge in [-0.25, -0.2) is 0 Å². The van der Waals surface area contributed by atoms with Crippen LogP contribution in [0.1, 0.15) is 41.7 Å². The number of ether oxygens (including phenoxy) is 1. The van der Waals surface area contributed by atoms with E-state index in [4.69, 9.17) is 4.74 Å². The van der Waals surface area contributed by atoms with Gasteiger partial charge in [0.1, 0.15) is 5.75 Å². The van der Waals surface area contributed by atoms with Gasteiger partial charge in [0, 0.05) is 44.5 Å². The Morgan fingerprint density at radius 1 is 1.30 bits per heavy atom. The Labute approximate surface area is 179 Å². The van der Waals surface area contributed by atoms with Crippen molar-refractivity contribution in [3.8, 4) is 5.75 Å². The molecule has 0 aliphatic carbocycles. The molecule has 2 aromatic carbocycles. The number of aliphatic hydroxyl groups excluding tert-OH is 1. The first kappa shape index (κ1) is 22.1. The van der Waals surface area contributed by atoms with Crippen LogP contribution in [0.25, 0.3) is 0 Å². The van der Waals surface area contributed by atoms with Crippen LogP contribution < -0.4 is 15.0 Å². The Kier molecular flexibility index (Phi) is 7.71. The maximum absolute atomic E-state index is 12.2. The number of carbonyl (C=O) groups is 1. The van der Waals surface area contributed by atoms with Crippen molar-refractivity contribution in [3.63, 3.8) is 0 Å². The number of β-amino-alcohol motifs (C(OH)–C–C–N with tert-alkyl or cyclic N) is 1. The summed E-state index contributed by atoms with van der Waals surface area (Å²) in [6.07, 6.45) is 1.48.